The minimum absolute atomic E-state index is 0.0381. The highest BCUT2D eigenvalue weighted by Crippen LogP contribution is 2.43. The quantitative estimate of drug-likeness (QED) is 0.269. The summed E-state index contributed by atoms with van der Waals surface area (Å²) in [4.78, 5) is 27.5. The number of anilines is 1. The lowest BCUT2D eigenvalue weighted by atomic mass is 9.94. The predicted octanol–water partition coefficient (Wildman–Crippen LogP) is 6.20. The van der Waals surface area contributed by atoms with E-state index in [9.17, 15) is 19.1 Å². The number of hydrogen-bond acceptors (Lipinski definition) is 4. The van der Waals surface area contributed by atoms with Gasteiger partial charge in [0.15, 0.2) is 0 Å². The van der Waals surface area contributed by atoms with E-state index in [0.717, 1.165) is 5.56 Å². The lowest BCUT2D eigenvalue weighted by Crippen LogP contribution is -2.29. The summed E-state index contributed by atoms with van der Waals surface area (Å²) >= 11 is 5.99. The number of hydrogen-bond donors (Lipinski definition) is 1. The molecular formula is C27H23ClFNO4. The Morgan fingerprint density at radius 2 is 1.74 bits per heavy atom. The Kier molecular flexibility index (Phi) is 6.44. The van der Waals surface area contributed by atoms with Crippen molar-refractivity contribution in [2.75, 3.05) is 4.90 Å². The van der Waals surface area contributed by atoms with E-state index >= 15 is 0 Å². The highest BCUT2D eigenvalue weighted by molar-refractivity contribution is 6.51. The monoisotopic (exact) mass is 479 g/mol. The van der Waals surface area contributed by atoms with Gasteiger partial charge in [0.1, 0.15) is 17.3 Å². The Morgan fingerprint density at radius 3 is 2.35 bits per heavy atom. The van der Waals surface area contributed by atoms with E-state index in [-0.39, 0.29) is 23.0 Å². The van der Waals surface area contributed by atoms with Gasteiger partial charge < -0.3 is 9.84 Å². The van der Waals surface area contributed by atoms with Gasteiger partial charge in [-0.1, -0.05) is 29.8 Å². The van der Waals surface area contributed by atoms with Crippen LogP contribution in [0.25, 0.3) is 5.76 Å². The molecule has 7 heteroatoms. The maximum Gasteiger partial charge on any atom is 0.300 e. The van der Waals surface area contributed by atoms with Crippen molar-refractivity contribution in [2.24, 2.45) is 0 Å². The summed E-state index contributed by atoms with van der Waals surface area (Å²) in [5, 5.41) is 11.7. The first kappa shape index (κ1) is 23.5. The molecule has 3 aromatic carbocycles. The van der Waals surface area contributed by atoms with Crippen LogP contribution in [0.2, 0.25) is 5.02 Å². The Labute approximate surface area is 202 Å². The Balaban J connectivity index is 1.91. The maximum atomic E-state index is 14.9. The zero-order valence-corrected chi connectivity index (χ0v) is 19.6. The van der Waals surface area contributed by atoms with E-state index in [2.05, 4.69) is 0 Å². The fourth-order valence-corrected chi connectivity index (χ4v) is 4.16. The summed E-state index contributed by atoms with van der Waals surface area (Å²) < 4.78 is 20.7. The zero-order chi connectivity index (χ0) is 24.6. The zero-order valence-electron chi connectivity index (χ0n) is 18.9. The van der Waals surface area contributed by atoms with Crippen molar-refractivity contribution in [3.63, 3.8) is 0 Å². The Bertz CT molecular complexity index is 1300. The third kappa shape index (κ3) is 4.29. The summed E-state index contributed by atoms with van der Waals surface area (Å²) in [6.07, 6.45) is -0.0381. The SMILES string of the molecule is Cc1cc(/C(O)=C2\C(=O)C(=O)N(c3ccc(Cl)cc3)C2c2ccccc2F)ccc1OC(C)C. The van der Waals surface area contributed by atoms with E-state index in [4.69, 9.17) is 16.3 Å². The van der Waals surface area contributed by atoms with Crippen LogP contribution in [-0.2, 0) is 9.59 Å². The van der Waals surface area contributed by atoms with Crippen molar-refractivity contribution in [1.29, 1.82) is 0 Å². The fourth-order valence-electron chi connectivity index (χ4n) is 4.03. The molecule has 1 N–H and O–H groups in total. The van der Waals surface area contributed by atoms with Crippen molar-refractivity contribution >= 4 is 34.7 Å². The third-order valence-corrected chi connectivity index (χ3v) is 5.81. The van der Waals surface area contributed by atoms with Gasteiger partial charge in [-0.05, 0) is 74.9 Å². The smallest absolute Gasteiger partial charge is 0.300 e. The average molecular weight is 480 g/mol. The van der Waals surface area contributed by atoms with Crippen molar-refractivity contribution < 1.29 is 23.8 Å². The molecule has 1 atom stereocenters. The van der Waals surface area contributed by atoms with Gasteiger partial charge in [-0.2, -0.15) is 0 Å². The number of ketones is 1. The lowest BCUT2D eigenvalue weighted by Gasteiger charge is -2.25. The minimum Gasteiger partial charge on any atom is -0.507 e. The number of aryl methyl sites for hydroxylation is 1. The normalized spacial score (nSPS) is 17.5. The summed E-state index contributed by atoms with van der Waals surface area (Å²) in [7, 11) is 0. The molecule has 0 aliphatic carbocycles. The van der Waals surface area contributed by atoms with Gasteiger partial charge in [0.2, 0.25) is 0 Å². The highest BCUT2D eigenvalue weighted by Gasteiger charge is 2.47. The van der Waals surface area contributed by atoms with Crippen LogP contribution in [0.5, 0.6) is 5.75 Å². The molecule has 0 bridgehead atoms. The number of rotatable bonds is 5. The first-order chi connectivity index (χ1) is 16.2. The molecular weight excluding hydrogens is 457 g/mol. The van der Waals surface area contributed by atoms with Gasteiger partial charge in [-0.15, -0.1) is 0 Å². The van der Waals surface area contributed by atoms with Crippen LogP contribution in [0.1, 0.15) is 36.6 Å². The number of halogens is 2. The third-order valence-electron chi connectivity index (χ3n) is 5.56. The van der Waals surface area contributed by atoms with Crippen molar-refractivity contribution in [3.8, 4) is 5.75 Å². The van der Waals surface area contributed by atoms with E-state index in [1.165, 1.54) is 23.1 Å². The first-order valence-electron chi connectivity index (χ1n) is 10.8. The molecule has 4 rings (SSSR count). The number of aliphatic hydroxyl groups is 1. The molecule has 1 saturated heterocycles. The molecule has 34 heavy (non-hydrogen) atoms. The number of carbonyl (C=O) groups excluding carboxylic acids is 2. The number of ether oxygens (including phenoxy) is 1. The Morgan fingerprint density at radius 1 is 1.06 bits per heavy atom. The summed E-state index contributed by atoms with van der Waals surface area (Å²) in [5.74, 6) is -2.12. The van der Waals surface area contributed by atoms with Gasteiger partial charge in [0.25, 0.3) is 11.7 Å². The molecule has 1 amide bonds. The lowest BCUT2D eigenvalue weighted by molar-refractivity contribution is -0.132. The van der Waals surface area contributed by atoms with Crippen LogP contribution in [0, 0.1) is 12.7 Å². The molecule has 0 aromatic heterocycles. The molecule has 1 aliphatic rings. The van der Waals surface area contributed by atoms with E-state index < -0.39 is 23.5 Å². The number of aliphatic hydroxyl groups excluding tert-OH is 1. The van der Waals surface area contributed by atoms with Gasteiger partial charge >= 0.3 is 0 Å². The van der Waals surface area contributed by atoms with Crippen molar-refractivity contribution in [3.05, 3.63) is 99.8 Å². The molecule has 0 saturated carbocycles. The highest BCUT2D eigenvalue weighted by atomic mass is 35.5. The molecule has 3 aromatic rings. The first-order valence-corrected chi connectivity index (χ1v) is 11.2. The largest absolute Gasteiger partial charge is 0.507 e. The molecule has 5 nitrogen and oxygen atoms in total. The van der Waals surface area contributed by atoms with Gasteiger partial charge in [0, 0.05) is 21.8 Å². The second-order valence-electron chi connectivity index (χ2n) is 8.31. The molecule has 0 radical (unpaired) electrons. The molecule has 0 spiro atoms. The average Bonchev–Trinajstić information content (AvgIpc) is 3.06. The van der Waals surface area contributed by atoms with E-state index in [1.54, 1.807) is 48.5 Å². The number of carbonyl (C=O) groups is 2. The molecule has 1 unspecified atom stereocenters. The van der Waals surface area contributed by atoms with E-state index in [0.29, 0.717) is 22.0 Å². The number of nitrogens with zero attached hydrogens (tertiary/aromatic N) is 1. The molecule has 1 fully saturated rings. The maximum absolute atomic E-state index is 14.9. The summed E-state index contributed by atoms with van der Waals surface area (Å²) in [5.41, 5.74) is 1.32. The molecule has 1 aliphatic heterocycles. The standard InChI is InChI=1S/C27H23ClFNO4/c1-15(2)34-22-13-8-17(14-16(22)3)25(31)23-24(20-6-4-5-7-21(20)29)30(27(33)26(23)32)19-11-9-18(28)10-12-19/h4-15,24,31H,1-3H3/b25-23+. The fraction of sp³-hybridized carbons (Fsp3) is 0.185. The second kappa shape index (κ2) is 9.31. The molecule has 1 heterocycles. The van der Waals surface area contributed by atoms with Gasteiger partial charge in [0.05, 0.1) is 17.7 Å². The predicted molar refractivity (Wildman–Crippen MR) is 130 cm³/mol. The van der Waals surface area contributed by atoms with Gasteiger partial charge in [-0.3, -0.25) is 14.5 Å². The van der Waals surface area contributed by atoms with Crippen LogP contribution in [0.3, 0.4) is 0 Å². The van der Waals surface area contributed by atoms with Crippen molar-refractivity contribution in [2.45, 2.75) is 32.9 Å². The van der Waals surface area contributed by atoms with Crippen molar-refractivity contribution in [1.82, 2.24) is 0 Å². The summed E-state index contributed by atoms with van der Waals surface area (Å²) in [6, 6.07) is 16.0. The number of amides is 1. The van der Waals surface area contributed by atoms with Crippen LogP contribution < -0.4 is 9.64 Å². The van der Waals surface area contributed by atoms with Gasteiger partial charge in [-0.25, -0.2) is 4.39 Å². The van der Waals surface area contributed by atoms with Crippen LogP contribution in [0.15, 0.2) is 72.3 Å². The second-order valence-corrected chi connectivity index (χ2v) is 8.75. The van der Waals surface area contributed by atoms with Crippen LogP contribution in [-0.4, -0.2) is 22.9 Å². The van der Waals surface area contributed by atoms with E-state index in [1.807, 2.05) is 20.8 Å². The minimum atomic E-state index is -1.16. The molecule has 174 valence electrons. The topological polar surface area (TPSA) is 66.8 Å². The number of Topliss-reactive ketones (excluding diaryl/α,β-unsaturated/α-hetero) is 1. The Hall–Kier alpha value is -3.64. The number of benzene rings is 3. The van der Waals surface area contributed by atoms with Crippen LogP contribution >= 0.6 is 11.6 Å². The summed E-state index contributed by atoms with van der Waals surface area (Å²) in [6.45, 7) is 5.62. The van der Waals surface area contributed by atoms with Crippen LogP contribution in [0.4, 0.5) is 10.1 Å².